The zero-order chi connectivity index (χ0) is 14.5. The van der Waals surface area contributed by atoms with Crippen LogP contribution >= 0.6 is 0 Å². The topological polar surface area (TPSA) is 100 Å². The van der Waals surface area contributed by atoms with Crippen LogP contribution in [0.4, 0.5) is 0 Å². The average Bonchev–Trinajstić information content (AvgIpc) is 2.30. The molecule has 0 amide bonds. The number of carbonyl (C=O) groups excluding carboxylic acids is 2. The van der Waals surface area contributed by atoms with Gasteiger partial charge in [0.15, 0.2) is 0 Å². The Morgan fingerprint density at radius 3 is 1.74 bits per heavy atom. The van der Waals surface area contributed by atoms with Crippen molar-refractivity contribution >= 4 is 11.9 Å². The largest absolute Gasteiger partial charge is 0.550 e. The molecule has 5 nitrogen and oxygen atoms in total. The molecule has 1 N–H and O–H groups in total. The maximum absolute atomic E-state index is 10.2. The lowest BCUT2D eigenvalue weighted by Gasteiger charge is -2.10. The third-order valence-corrected chi connectivity index (χ3v) is 3.07. The molecule has 0 saturated carbocycles. The second kappa shape index (κ2) is 12.0. The first kappa shape index (κ1) is 17.9. The van der Waals surface area contributed by atoms with Crippen LogP contribution in [0, 0.1) is 0 Å². The molecule has 0 aromatic rings. The van der Waals surface area contributed by atoms with Crippen molar-refractivity contribution in [2.24, 2.45) is 0 Å². The maximum atomic E-state index is 10.2. The number of rotatable bonds is 13. The van der Waals surface area contributed by atoms with Crippen molar-refractivity contribution < 1.29 is 24.9 Å². The van der Waals surface area contributed by atoms with Crippen LogP contribution in [0.25, 0.3) is 0 Å². The third kappa shape index (κ3) is 14.8. The molecule has 0 radical (unpaired) electrons. The molecule has 0 fully saturated rings. The summed E-state index contributed by atoms with van der Waals surface area (Å²) in [5, 5.41) is 29.6. The van der Waals surface area contributed by atoms with Gasteiger partial charge in [-0.3, -0.25) is 0 Å². The Labute approximate surface area is 114 Å². The van der Waals surface area contributed by atoms with Crippen molar-refractivity contribution in [2.75, 3.05) is 0 Å². The number of aliphatic hydroxyl groups excluding tert-OH is 1. The molecule has 112 valence electrons. The van der Waals surface area contributed by atoms with Crippen LogP contribution in [0.5, 0.6) is 0 Å². The number of aliphatic carboxylic acids is 2. The highest BCUT2D eigenvalue weighted by Crippen LogP contribution is 2.12. The Morgan fingerprint density at radius 2 is 1.26 bits per heavy atom. The van der Waals surface area contributed by atoms with Gasteiger partial charge in [0.05, 0.1) is 6.10 Å². The fourth-order valence-electron chi connectivity index (χ4n) is 2.00. The molecular weight excluding hydrogens is 248 g/mol. The lowest BCUT2D eigenvalue weighted by atomic mass is 10.0. The molecule has 0 aromatic carbocycles. The number of carboxylic acids is 2. The van der Waals surface area contributed by atoms with Gasteiger partial charge in [-0.2, -0.15) is 0 Å². The molecule has 19 heavy (non-hydrogen) atoms. The van der Waals surface area contributed by atoms with E-state index < -0.39 is 18.0 Å². The van der Waals surface area contributed by atoms with Gasteiger partial charge in [0.25, 0.3) is 0 Å². The minimum Gasteiger partial charge on any atom is -0.550 e. The number of hydrogen-bond acceptors (Lipinski definition) is 5. The normalized spacial score (nSPS) is 12.3. The Hall–Kier alpha value is -1.10. The van der Waals surface area contributed by atoms with Crippen LogP contribution in [0.15, 0.2) is 0 Å². The highest BCUT2D eigenvalue weighted by Gasteiger charge is 2.03. The molecule has 0 aliphatic heterocycles. The summed E-state index contributed by atoms with van der Waals surface area (Å²) >= 11 is 0. The van der Waals surface area contributed by atoms with Gasteiger partial charge in [0.1, 0.15) is 0 Å². The van der Waals surface area contributed by atoms with E-state index in [4.69, 9.17) is 0 Å². The highest BCUT2D eigenvalue weighted by molar-refractivity contribution is 5.64. The summed E-state index contributed by atoms with van der Waals surface area (Å²) in [6.45, 7) is 0. The predicted octanol–water partition coefficient (Wildman–Crippen LogP) is 0.138. The van der Waals surface area contributed by atoms with Crippen LogP contribution in [-0.2, 0) is 9.59 Å². The molecule has 0 aliphatic rings. The van der Waals surface area contributed by atoms with Crippen LogP contribution in [0.3, 0.4) is 0 Å². The van der Waals surface area contributed by atoms with E-state index in [1.54, 1.807) is 0 Å². The van der Waals surface area contributed by atoms with Gasteiger partial charge < -0.3 is 24.9 Å². The molecule has 5 heteroatoms. The van der Waals surface area contributed by atoms with Crippen LogP contribution in [0.1, 0.15) is 70.6 Å². The van der Waals surface area contributed by atoms with Gasteiger partial charge in [-0.15, -0.1) is 0 Å². The standard InChI is InChI=1S/C14H26O5/c15-12(11-14(18)19)9-7-5-3-1-2-4-6-8-10-13(16)17/h12,15H,1-11H2,(H,16,17)(H,18,19)/p-2. The SMILES string of the molecule is O=C([O-])CCCCCCCCCCC(O)CC(=O)[O-]. The number of unbranched alkanes of at least 4 members (excludes halogenated alkanes) is 7. The molecule has 0 rings (SSSR count). The van der Waals surface area contributed by atoms with E-state index >= 15 is 0 Å². The molecule has 1 atom stereocenters. The lowest BCUT2D eigenvalue weighted by molar-refractivity contribution is -0.308. The van der Waals surface area contributed by atoms with Crippen molar-refractivity contribution in [3.8, 4) is 0 Å². The minimum absolute atomic E-state index is 0.149. The summed E-state index contributed by atoms with van der Waals surface area (Å²) in [6, 6.07) is 0. The Kier molecular flexibility index (Phi) is 11.3. The Morgan fingerprint density at radius 1 is 0.789 bits per heavy atom. The fourth-order valence-corrected chi connectivity index (χ4v) is 2.00. The predicted molar refractivity (Wildman–Crippen MR) is 66.8 cm³/mol. The van der Waals surface area contributed by atoms with E-state index in [-0.39, 0.29) is 12.8 Å². The highest BCUT2D eigenvalue weighted by atomic mass is 16.4. The third-order valence-electron chi connectivity index (χ3n) is 3.07. The summed E-state index contributed by atoms with van der Waals surface area (Å²) in [4.78, 5) is 20.4. The van der Waals surface area contributed by atoms with Crippen molar-refractivity contribution in [3.05, 3.63) is 0 Å². The molecule has 0 spiro atoms. The van der Waals surface area contributed by atoms with Crippen molar-refractivity contribution in [1.82, 2.24) is 0 Å². The number of hydrogen-bond donors (Lipinski definition) is 1. The lowest BCUT2D eigenvalue weighted by Crippen LogP contribution is -2.27. The number of carbonyl (C=O) groups is 2. The first-order valence-corrected chi connectivity index (χ1v) is 7.10. The Balaban J connectivity index is 3.14. The van der Waals surface area contributed by atoms with Crippen LogP contribution in [0.2, 0.25) is 0 Å². The quantitative estimate of drug-likeness (QED) is 0.481. The van der Waals surface area contributed by atoms with Crippen molar-refractivity contribution in [2.45, 2.75) is 76.7 Å². The molecule has 0 aliphatic carbocycles. The van der Waals surface area contributed by atoms with Gasteiger partial charge in [0, 0.05) is 18.4 Å². The molecular formula is C14H24O5-2. The van der Waals surface area contributed by atoms with E-state index in [0.717, 1.165) is 44.9 Å². The second-order valence-corrected chi connectivity index (χ2v) is 4.97. The Bertz CT molecular complexity index is 252. The molecule has 0 bridgehead atoms. The summed E-state index contributed by atoms with van der Waals surface area (Å²) in [5.74, 6) is -2.18. The zero-order valence-corrected chi connectivity index (χ0v) is 11.4. The smallest absolute Gasteiger partial charge is 0.0592 e. The van der Waals surface area contributed by atoms with Gasteiger partial charge in [0.2, 0.25) is 0 Å². The van der Waals surface area contributed by atoms with Gasteiger partial charge in [-0.25, -0.2) is 0 Å². The summed E-state index contributed by atoms with van der Waals surface area (Å²) < 4.78 is 0. The first-order chi connectivity index (χ1) is 9.02. The van der Waals surface area contributed by atoms with Crippen LogP contribution in [-0.4, -0.2) is 23.1 Å². The van der Waals surface area contributed by atoms with Gasteiger partial charge in [-0.05, 0) is 19.3 Å². The zero-order valence-electron chi connectivity index (χ0n) is 11.4. The monoisotopic (exact) mass is 272 g/mol. The van der Waals surface area contributed by atoms with E-state index in [1.807, 2.05) is 0 Å². The minimum atomic E-state index is -1.20. The molecule has 0 heterocycles. The summed E-state index contributed by atoms with van der Waals surface area (Å²) in [5.41, 5.74) is 0. The van der Waals surface area contributed by atoms with Crippen molar-refractivity contribution in [3.63, 3.8) is 0 Å². The van der Waals surface area contributed by atoms with Crippen LogP contribution < -0.4 is 10.2 Å². The fraction of sp³-hybridized carbons (Fsp3) is 0.857. The summed E-state index contributed by atoms with van der Waals surface area (Å²) in [6.07, 6.45) is 7.34. The first-order valence-electron chi connectivity index (χ1n) is 7.10. The van der Waals surface area contributed by atoms with E-state index in [2.05, 4.69) is 0 Å². The van der Waals surface area contributed by atoms with Gasteiger partial charge >= 0.3 is 0 Å². The van der Waals surface area contributed by atoms with E-state index in [9.17, 15) is 24.9 Å². The second-order valence-electron chi connectivity index (χ2n) is 4.97. The molecule has 0 saturated heterocycles. The molecule has 1 unspecified atom stereocenters. The number of carboxylic acid groups (broad SMARTS) is 2. The maximum Gasteiger partial charge on any atom is 0.0592 e. The average molecular weight is 272 g/mol. The van der Waals surface area contributed by atoms with E-state index in [1.165, 1.54) is 0 Å². The van der Waals surface area contributed by atoms with Gasteiger partial charge in [-0.1, -0.05) is 44.9 Å². The molecule has 0 aromatic heterocycles. The number of aliphatic hydroxyl groups is 1. The van der Waals surface area contributed by atoms with E-state index in [0.29, 0.717) is 12.8 Å². The van der Waals surface area contributed by atoms with Crippen molar-refractivity contribution in [1.29, 1.82) is 0 Å². The summed E-state index contributed by atoms with van der Waals surface area (Å²) in [7, 11) is 0.